The number of rotatable bonds is 3. The van der Waals surface area contributed by atoms with Gasteiger partial charge in [0.1, 0.15) is 0 Å². The zero-order valence-electron chi connectivity index (χ0n) is 20.4. The lowest BCUT2D eigenvalue weighted by molar-refractivity contribution is -0.138. The summed E-state index contributed by atoms with van der Waals surface area (Å²) < 4.78 is 5.46. The van der Waals surface area contributed by atoms with Crippen LogP contribution in [0.15, 0.2) is 35.6 Å². The highest BCUT2D eigenvalue weighted by atomic mass is 32.2. The van der Waals surface area contributed by atoms with E-state index in [1.54, 1.807) is 11.8 Å². The Morgan fingerprint density at radius 1 is 0.971 bits per heavy atom. The number of nitrogens with one attached hydrogen (secondary N) is 1. The molecule has 1 aromatic carbocycles. The number of fused-ring (bicyclic) bond motifs is 1. The summed E-state index contributed by atoms with van der Waals surface area (Å²) in [7, 11) is 2.13. The molecule has 0 saturated carbocycles. The van der Waals surface area contributed by atoms with Gasteiger partial charge in [-0.3, -0.25) is 4.79 Å². The fraction of sp³-hybridized carbons (Fsp3) is 0.600. The number of carbonyl (C=O) groups is 1. The van der Waals surface area contributed by atoms with Crippen molar-refractivity contribution in [2.45, 2.75) is 18.3 Å². The Labute approximate surface area is 211 Å². The van der Waals surface area contributed by atoms with E-state index >= 15 is 0 Å². The Kier molecular flexibility index (Phi) is 6.51. The monoisotopic (exact) mass is 497 g/mol. The summed E-state index contributed by atoms with van der Waals surface area (Å²) in [5.74, 6) is 0.514. The van der Waals surface area contributed by atoms with Crippen LogP contribution in [0.5, 0.6) is 0 Å². The van der Waals surface area contributed by atoms with E-state index < -0.39 is 0 Å². The van der Waals surface area contributed by atoms with Crippen LogP contribution in [0, 0.1) is 5.92 Å². The first-order valence-corrected chi connectivity index (χ1v) is 13.7. The Bertz CT molecular complexity index is 978. The maximum Gasteiger partial charge on any atom is 0.225 e. The van der Waals surface area contributed by atoms with Gasteiger partial charge in [-0.15, -0.1) is 5.10 Å². The zero-order chi connectivity index (χ0) is 23.8. The number of ether oxygens (including phenoxy) is 1. The van der Waals surface area contributed by atoms with E-state index in [9.17, 15) is 4.79 Å². The number of carbonyl (C=O) groups excluding carboxylic acids is 1. The summed E-state index contributed by atoms with van der Waals surface area (Å²) in [6, 6.07) is 8.76. The number of piperidine rings is 1. The molecule has 35 heavy (non-hydrogen) atoms. The van der Waals surface area contributed by atoms with Gasteiger partial charge in [0.2, 0.25) is 5.91 Å². The van der Waals surface area contributed by atoms with Crippen LogP contribution in [0.25, 0.3) is 5.70 Å². The lowest BCUT2D eigenvalue weighted by Crippen LogP contribution is -2.50. The summed E-state index contributed by atoms with van der Waals surface area (Å²) in [5, 5.41) is 11.6. The molecule has 5 heterocycles. The van der Waals surface area contributed by atoms with E-state index in [-0.39, 0.29) is 11.4 Å². The van der Waals surface area contributed by atoms with Crippen LogP contribution in [-0.4, -0.2) is 109 Å². The third kappa shape index (κ3) is 4.83. The van der Waals surface area contributed by atoms with Gasteiger partial charge in [-0.2, -0.15) is 0 Å². The van der Waals surface area contributed by atoms with Crippen molar-refractivity contribution < 1.29 is 9.53 Å². The molecule has 188 valence electrons. The van der Waals surface area contributed by atoms with Crippen LogP contribution < -0.4 is 10.2 Å². The van der Waals surface area contributed by atoms with Crippen LogP contribution in [0.1, 0.15) is 18.4 Å². The number of amidine groups is 1. The molecule has 5 aliphatic rings. The number of hydrogen-bond donors (Lipinski definition) is 1. The van der Waals surface area contributed by atoms with Gasteiger partial charge in [-0.25, -0.2) is 5.01 Å². The summed E-state index contributed by atoms with van der Waals surface area (Å²) in [6.07, 6.45) is 3.94. The third-order valence-electron chi connectivity index (χ3n) is 7.68. The second kappa shape index (κ2) is 9.91. The molecule has 0 spiro atoms. The summed E-state index contributed by atoms with van der Waals surface area (Å²) in [5.41, 5.74) is 3.64. The minimum Gasteiger partial charge on any atom is -0.378 e. The molecule has 1 amide bonds. The van der Waals surface area contributed by atoms with Gasteiger partial charge < -0.3 is 29.7 Å². The van der Waals surface area contributed by atoms with Gasteiger partial charge >= 0.3 is 0 Å². The van der Waals surface area contributed by atoms with Crippen molar-refractivity contribution in [3.63, 3.8) is 0 Å². The van der Waals surface area contributed by atoms with E-state index in [0.29, 0.717) is 5.91 Å². The van der Waals surface area contributed by atoms with Gasteiger partial charge in [0.25, 0.3) is 0 Å². The van der Waals surface area contributed by atoms with Crippen LogP contribution in [0.4, 0.5) is 5.69 Å². The third-order valence-corrected chi connectivity index (χ3v) is 8.79. The van der Waals surface area contributed by atoms with Crippen LogP contribution in [0.2, 0.25) is 0 Å². The molecular formula is C25H35N7O2S. The average molecular weight is 498 g/mol. The lowest BCUT2D eigenvalue weighted by Gasteiger charge is -2.37. The molecule has 10 heteroatoms. The fourth-order valence-electron chi connectivity index (χ4n) is 5.40. The highest BCUT2D eigenvalue weighted by Gasteiger charge is 2.37. The molecule has 1 N–H and O–H groups in total. The highest BCUT2D eigenvalue weighted by Crippen LogP contribution is 2.35. The molecule has 0 aromatic heterocycles. The average Bonchev–Trinajstić information content (AvgIpc) is 3.49. The van der Waals surface area contributed by atoms with Crippen molar-refractivity contribution in [3.8, 4) is 0 Å². The van der Waals surface area contributed by atoms with Gasteiger partial charge in [0, 0.05) is 64.0 Å². The first-order valence-electron chi connectivity index (χ1n) is 12.8. The first kappa shape index (κ1) is 23.0. The van der Waals surface area contributed by atoms with Crippen molar-refractivity contribution in [2.24, 2.45) is 11.0 Å². The van der Waals surface area contributed by atoms with Crippen LogP contribution in [0.3, 0.4) is 0 Å². The Morgan fingerprint density at radius 3 is 2.37 bits per heavy atom. The zero-order valence-corrected chi connectivity index (χ0v) is 21.3. The molecule has 1 atom stereocenters. The minimum atomic E-state index is 0.101. The maximum atomic E-state index is 12.9. The number of piperazine rings is 1. The Balaban J connectivity index is 1.03. The predicted molar refractivity (Wildman–Crippen MR) is 140 cm³/mol. The fourth-order valence-corrected chi connectivity index (χ4v) is 6.47. The molecule has 5 aliphatic heterocycles. The molecule has 6 rings (SSSR count). The number of likely N-dealkylation sites (N-methyl/N-ethyl adjacent to an activating group) is 1. The van der Waals surface area contributed by atoms with Crippen molar-refractivity contribution in [1.29, 1.82) is 0 Å². The van der Waals surface area contributed by atoms with Crippen LogP contribution in [-0.2, 0) is 9.53 Å². The number of nitrogens with zero attached hydrogens (tertiary/aromatic N) is 6. The van der Waals surface area contributed by atoms with Crippen molar-refractivity contribution in [3.05, 3.63) is 36.0 Å². The number of amides is 1. The van der Waals surface area contributed by atoms with Gasteiger partial charge in [-0.05, 0) is 49.3 Å². The summed E-state index contributed by atoms with van der Waals surface area (Å²) >= 11 is 1.77. The largest absolute Gasteiger partial charge is 0.378 e. The first-order chi connectivity index (χ1) is 17.1. The number of hydrogen-bond acceptors (Lipinski definition) is 9. The standard InChI is InChI=1S/C25H35N7O2S/c1-28-10-12-30(13-11-28)23(33)20-6-8-31(9-7-20)25-27-32-18-22(26-24(32)35-25)19-2-4-21(5-3-19)29-14-16-34-17-15-29/h2-5,18,20,24,26H,6-17H2,1H3. The Hall–Kier alpha value is -2.43. The Morgan fingerprint density at radius 2 is 1.69 bits per heavy atom. The molecule has 0 aliphatic carbocycles. The normalized spacial score (nSPS) is 25.9. The van der Waals surface area contributed by atoms with Gasteiger partial charge in [0.05, 0.1) is 25.1 Å². The number of thioether (sulfide) groups is 1. The quantitative estimate of drug-likeness (QED) is 0.674. The van der Waals surface area contributed by atoms with Crippen molar-refractivity contribution >= 4 is 34.2 Å². The van der Waals surface area contributed by atoms with E-state index in [0.717, 1.165) is 89.3 Å². The number of morpholine rings is 1. The minimum absolute atomic E-state index is 0.101. The SMILES string of the molecule is CN1CCN(C(=O)C2CCN(C3=NN4C=C(c5ccc(N6CCOCC6)cc5)NC4S3)CC2)CC1. The molecule has 0 radical (unpaired) electrons. The topological polar surface area (TPSA) is 66.9 Å². The molecule has 9 nitrogen and oxygen atoms in total. The van der Waals surface area contributed by atoms with Crippen molar-refractivity contribution in [1.82, 2.24) is 25.0 Å². The van der Waals surface area contributed by atoms with Gasteiger partial charge in [0.15, 0.2) is 10.7 Å². The van der Waals surface area contributed by atoms with E-state index in [4.69, 9.17) is 9.84 Å². The second-order valence-electron chi connectivity index (χ2n) is 9.96. The van der Waals surface area contributed by atoms with Gasteiger partial charge in [-0.1, -0.05) is 12.1 Å². The number of benzene rings is 1. The van der Waals surface area contributed by atoms with E-state index in [2.05, 4.69) is 62.4 Å². The highest BCUT2D eigenvalue weighted by molar-refractivity contribution is 8.14. The molecule has 0 bridgehead atoms. The van der Waals surface area contributed by atoms with E-state index in [1.807, 2.05) is 5.01 Å². The number of anilines is 1. The predicted octanol–water partition coefficient (Wildman–Crippen LogP) is 1.51. The second-order valence-corrected chi connectivity index (χ2v) is 11.0. The molecule has 1 aromatic rings. The summed E-state index contributed by atoms with van der Waals surface area (Å²) in [4.78, 5) is 22.0. The molecular weight excluding hydrogens is 462 g/mol. The summed E-state index contributed by atoms with van der Waals surface area (Å²) in [6.45, 7) is 8.99. The smallest absolute Gasteiger partial charge is 0.225 e. The van der Waals surface area contributed by atoms with Crippen molar-refractivity contribution in [2.75, 3.05) is 77.5 Å². The number of likely N-dealkylation sites (tertiary alicyclic amines) is 1. The molecule has 3 saturated heterocycles. The molecule has 3 fully saturated rings. The maximum absolute atomic E-state index is 12.9. The van der Waals surface area contributed by atoms with E-state index in [1.165, 1.54) is 11.3 Å². The lowest BCUT2D eigenvalue weighted by atomic mass is 9.95. The number of hydrazone groups is 1. The molecule has 1 unspecified atom stereocenters. The van der Waals surface area contributed by atoms with Crippen LogP contribution >= 0.6 is 11.8 Å².